The van der Waals surface area contributed by atoms with E-state index >= 15 is 0 Å². The van der Waals surface area contributed by atoms with Crippen LogP contribution in [0.4, 0.5) is 0 Å². The van der Waals surface area contributed by atoms with Crippen molar-refractivity contribution < 1.29 is 9.94 Å². The normalized spacial score (nSPS) is 27.2. The zero-order valence-electron chi connectivity index (χ0n) is 10.9. The first kappa shape index (κ1) is 12.9. The summed E-state index contributed by atoms with van der Waals surface area (Å²) in [5.74, 6) is 0. The predicted octanol–water partition coefficient (Wildman–Crippen LogP) is 2.82. The Balaban J connectivity index is 2.75. The van der Waals surface area contributed by atoms with Crippen LogP contribution >= 0.6 is 0 Å². The van der Waals surface area contributed by atoms with Gasteiger partial charge < -0.3 is 9.94 Å². The second kappa shape index (κ2) is 4.04. The van der Waals surface area contributed by atoms with Crippen molar-refractivity contribution in [3.63, 3.8) is 0 Å². The van der Waals surface area contributed by atoms with Crippen LogP contribution in [-0.4, -0.2) is 33.6 Å². The Morgan fingerprint density at radius 3 is 1.87 bits per heavy atom. The number of piperidine rings is 1. The van der Waals surface area contributed by atoms with E-state index in [0.717, 1.165) is 12.8 Å². The van der Waals surface area contributed by atoms with Gasteiger partial charge in [-0.05, 0) is 54.4 Å². The van der Waals surface area contributed by atoms with Gasteiger partial charge in [0.05, 0.1) is 12.2 Å². The monoisotopic (exact) mass is 215 g/mol. The van der Waals surface area contributed by atoms with E-state index in [1.165, 1.54) is 5.06 Å². The number of rotatable bonds is 2. The first-order chi connectivity index (χ1) is 6.65. The summed E-state index contributed by atoms with van der Waals surface area (Å²) in [5.41, 5.74) is -0.414. The Hall–Kier alpha value is -0.120. The number of nitrogens with zero attached hydrogens (tertiary/aromatic N) is 1. The minimum Gasteiger partial charge on any atom is -0.375 e. The Kier molecular flexibility index (Phi) is 3.49. The number of hydroxylamine groups is 2. The number of hydrogen-bond acceptors (Lipinski definition) is 3. The second-order valence-electron chi connectivity index (χ2n) is 6.15. The Labute approximate surface area is 93.4 Å². The third-order valence-electron chi connectivity index (χ3n) is 3.07. The molecule has 0 spiro atoms. The fourth-order valence-corrected chi connectivity index (χ4v) is 2.66. The minimum atomic E-state index is -0.207. The Morgan fingerprint density at radius 2 is 1.53 bits per heavy atom. The molecule has 1 rings (SSSR count). The average molecular weight is 215 g/mol. The number of ether oxygens (including phenoxy) is 1. The van der Waals surface area contributed by atoms with Gasteiger partial charge in [0.25, 0.3) is 0 Å². The van der Waals surface area contributed by atoms with E-state index in [-0.39, 0.29) is 23.3 Å². The zero-order chi connectivity index (χ0) is 11.9. The summed E-state index contributed by atoms with van der Waals surface area (Å²) in [4.78, 5) is 0. The lowest BCUT2D eigenvalue weighted by Gasteiger charge is -2.51. The lowest BCUT2D eigenvalue weighted by molar-refractivity contribution is -0.263. The standard InChI is InChI=1S/C12H25NO2/c1-9(2)15-10-7-11(3,4)13(14)12(5,6)8-10/h9-10,14H,7-8H2,1-6H3. The number of hydrogen-bond donors (Lipinski definition) is 1. The summed E-state index contributed by atoms with van der Waals surface area (Å²) in [6, 6.07) is 0. The topological polar surface area (TPSA) is 32.7 Å². The molecule has 1 saturated heterocycles. The Bertz CT molecular complexity index is 206. The molecule has 0 saturated carbocycles. The molecule has 0 unspecified atom stereocenters. The quantitative estimate of drug-likeness (QED) is 0.769. The second-order valence-corrected chi connectivity index (χ2v) is 6.15. The summed E-state index contributed by atoms with van der Waals surface area (Å²) >= 11 is 0. The summed E-state index contributed by atoms with van der Waals surface area (Å²) < 4.78 is 5.87. The van der Waals surface area contributed by atoms with Crippen LogP contribution in [0.15, 0.2) is 0 Å². The molecule has 0 aromatic rings. The SMILES string of the molecule is CC(C)OC1CC(C)(C)N(O)C(C)(C)C1. The van der Waals surface area contributed by atoms with E-state index in [4.69, 9.17) is 4.74 Å². The molecule has 0 atom stereocenters. The van der Waals surface area contributed by atoms with Crippen LogP contribution in [-0.2, 0) is 4.74 Å². The highest BCUT2D eigenvalue weighted by molar-refractivity contribution is 4.96. The minimum absolute atomic E-state index is 0.207. The van der Waals surface area contributed by atoms with Gasteiger partial charge in [0.1, 0.15) is 0 Å². The van der Waals surface area contributed by atoms with Crippen molar-refractivity contribution in [2.24, 2.45) is 0 Å². The summed E-state index contributed by atoms with van der Waals surface area (Å²) in [5, 5.41) is 11.6. The molecule has 0 bridgehead atoms. The van der Waals surface area contributed by atoms with Crippen molar-refractivity contribution in [1.82, 2.24) is 5.06 Å². The maximum atomic E-state index is 10.1. The van der Waals surface area contributed by atoms with Gasteiger partial charge in [-0.1, -0.05) is 0 Å². The van der Waals surface area contributed by atoms with Crippen molar-refractivity contribution in [3.8, 4) is 0 Å². The van der Waals surface area contributed by atoms with Crippen LogP contribution < -0.4 is 0 Å². The fraction of sp³-hybridized carbons (Fsp3) is 1.00. The van der Waals surface area contributed by atoms with Crippen molar-refractivity contribution >= 4 is 0 Å². The maximum Gasteiger partial charge on any atom is 0.0615 e. The van der Waals surface area contributed by atoms with Crippen LogP contribution in [0.25, 0.3) is 0 Å². The van der Waals surface area contributed by atoms with Gasteiger partial charge in [0, 0.05) is 11.1 Å². The highest BCUT2D eigenvalue weighted by atomic mass is 16.5. The van der Waals surface area contributed by atoms with Crippen LogP contribution in [0.3, 0.4) is 0 Å². The lowest BCUT2D eigenvalue weighted by Crippen LogP contribution is -2.60. The molecule has 90 valence electrons. The van der Waals surface area contributed by atoms with Gasteiger partial charge in [-0.25, -0.2) is 0 Å². The molecule has 0 aliphatic carbocycles. The highest BCUT2D eigenvalue weighted by Crippen LogP contribution is 2.38. The molecule has 1 fully saturated rings. The molecule has 1 N–H and O–H groups in total. The van der Waals surface area contributed by atoms with Crippen LogP contribution in [0.5, 0.6) is 0 Å². The van der Waals surface area contributed by atoms with E-state index in [1.54, 1.807) is 0 Å². The molecule has 0 aromatic heterocycles. The third kappa shape index (κ3) is 2.92. The largest absolute Gasteiger partial charge is 0.375 e. The van der Waals surface area contributed by atoms with Gasteiger partial charge in [-0.3, -0.25) is 0 Å². The maximum absolute atomic E-state index is 10.1. The van der Waals surface area contributed by atoms with Gasteiger partial charge in [0.15, 0.2) is 0 Å². The van der Waals surface area contributed by atoms with Crippen LogP contribution in [0, 0.1) is 0 Å². The summed E-state index contributed by atoms with van der Waals surface area (Å²) in [6.45, 7) is 12.4. The molecule has 1 aliphatic rings. The van der Waals surface area contributed by atoms with Crippen LogP contribution in [0.1, 0.15) is 54.4 Å². The molecule has 0 aromatic carbocycles. The highest BCUT2D eigenvalue weighted by Gasteiger charge is 2.45. The van der Waals surface area contributed by atoms with Crippen molar-refractivity contribution in [3.05, 3.63) is 0 Å². The first-order valence-electron chi connectivity index (χ1n) is 5.80. The average Bonchev–Trinajstić information content (AvgIpc) is 1.97. The summed E-state index contributed by atoms with van der Waals surface area (Å²) in [7, 11) is 0. The van der Waals surface area contributed by atoms with E-state index in [9.17, 15) is 5.21 Å². The van der Waals surface area contributed by atoms with Crippen molar-refractivity contribution in [2.45, 2.75) is 77.7 Å². The van der Waals surface area contributed by atoms with Gasteiger partial charge in [-0.15, -0.1) is 0 Å². The van der Waals surface area contributed by atoms with E-state index in [1.807, 2.05) is 0 Å². The molecular formula is C12H25NO2. The first-order valence-corrected chi connectivity index (χ1v) is 5.80. The predicted molar refractivity (Wildman–Crippen MR) is 61.0 cm³/mol. The van der Waals surface area contributed by atoms with E-state index < -0.39 is 0 Å². The third-order valence-corrected chi connectivity index (χ3v) is 3.07. The summed E-state index contributed by atoms with van der Waals surface area (Å²) in [6.07, 6.45) is 2.26. The Morgan fingerprint density at radius 1 is 1.13 bits per heavy atom. The fourth-order valence-electron chi connectivity index (χ4n) is 2.66. The smallest absolute Gasteiger partial charge is 0.0615 e. The van der Waals surface area contributed by atoms with Crippen molar-refractivity contribution in [1.29, 1.82) is 0 Å². The molecule has 0 radical (unpaired) electrons. The molecule has 0 amide bonds. The molecule has 3 nitrogen and oxygen atoms in total. The molecule has 1 heterocycles. The van der Waals surface area contributed by atoms with Gasteiger partial charge >= 0.3 is 0 Å². The molecular weight excluding hydrogens is 190 g/mol. The molecule has 1 aliphatic heterocycles. The zero-order valence-corrected chi connectivity index (χ0v) is 10.9. The van der Waals surface area contributed by atoms with Crippen molar-refractivity contribution in [2.75, 3.05) is 0 Å². The molecule has 15 heavy (non-hydrogen) atoms. The lowest BCUT2D eigenvalue weighted by atomic mass is 9.80. The molecule has 3 heteroatoms. The van der Waals surface area contributed by atoms with Gasteiger partial charge in [0.2, 0.25) is 0 Å². The van der Waals surface area contributed by atoms with E-state index in [0.29, 0.717) is 0 Å². The van der Waals surface area contributed by atoms with Crippen LogP contribution in [0.2, 0.25) is 0 Å². The van der Waals surface area contributed by atoms with Gasteiger partial charge in [-0.2, -0.15) is 5.06 Å². The van der Waals surface area contributed by atoms with E-state index in [2.05, 4.69) is 41.5 Å².